The number of hydroxylamine groups is 2. The van der Waals surface area contributed by atoms with Crippen molar-refractivity contribution in [3.63, 3.8) is 0 Å². The van der Waals surface area contributed by atoms with Gasteiger partial charge in [-0.2, -0.15) is 5.10 Å². The van der Waals surface area contributed by atoms with Gasteiger partial charge in [-0.1, -0.05) is 30.8 Å². The smallest absolute Gasteiger partial charge is 0.333 e. The van der Waals surface area contributed by atoms with Gasteiger partial charge in [-0.05, 0) is 24.8 Å². The van der Waals surface area contributed by atoms with E-state index in [0.717, 1.165) is 16.2 Å². The van der Waals surface area contributed by atoms with E-state index < -0.39 is 5.97 Å². The molecule has 8 heteroatoms. The molecule has 0 N–H and O–H groups in total. The second-order valence-corrected chi connectivity index (χ2v) is 6.77. The van der Waals surface area contributed by atoms with E-state index in [4.69, 9.17) is 4.84 Å². The van der Waals surface area contributed by atoms with Gasteiger partial charge in [0.1, 0.15) is 5.78 Å². The number of hydrogen-bond acceptors (Lipinski definition) is 7. The Kier molecular flexibility index (Phi) is 6.78. The first-order chi connectivity index (χ1) is 14.0. The molecule has 0 bridgehead atoms. The second kappa shape index (κ2) is 9.68. The topological polar surface area (TPSA) is 102 Å². The Bertz CT molecular complexity index is 881. The van der Waals surface area contributed by atoms with Crippen molar-refractivity contribution < 1.29 is 19.2 Å². The van der Waals surface area contributed by atoms with Crippen LogP contribution in [0.1, 0.15) is 44.1 Å². The molecule has 29 heavy (non-hydrogen) atoms. The molecular weight excluding hydrogens is 372 g/mol. The molecule has 1 aliphatic rings. The van der Waals surface area contributed by atoms with E-state index in [0.29, 0.717) is 50.0 Å². The van der Waals surface area contributed by atoms with Crippen LogP contribution in [0, 0.1) is 0 Å². The highest BCUT2D eigenvalue weighted by molar-refractivity contribution is 5.82. The molecule has 1 aromatic heterocycles. The molecule has 1 aliphatic heterocycles. The third-order valence-corrected chi connectivity index (χ3v) is 4.56. The second-order valence-electron chi connectivity index (χ2n) is 6.77. The molecule has 0 spiro atoms. The molecule has 1 saturated heterocycles. The van der Waals surface area contributed by atoms with Gasteiger partial charge in [-0.15, -0.1) is 10.2 Å². The number of hydrogen-bond donors (Lipinski definition) is 0. The molecule has 1 aromatic carbocycles. The van der Waals surface area contributed by atoms with Crippen molar-refractivity contribution in [2.24, 2.45) is 0 Å². The Morgan fingerprint density at radius 2 is 1.86 bits per heavy atom. The van der Waals surface area contributed by atoms with Crippen molar-refractivity contribution in [3.8, 4) is 11.4 Å². The van der Waals surface area contributed by atoms with E-state index in [1.54, 1.807) is 6.20 Å². The quantitative estimate of drug-likeness (QED) is 0.644. The van der Waals surface area contributed by atoms with Crippen LogP contribution in [0.4, 0.5) is 0 Å². The molecular formula is C21H22N4O4. The maximum Gasteiger partial charge on any atom is 0.333 e. The molecule has 0 unspecified atom stereocenters. The first kappa shape index (κ1) is 20.3. The van der Waals surface area contributed by atoms with Crippen molar-refractivity contribution in [2.75, 3.05) is 0 Å². The van der Waals surface area contributed by atoms with Crippen molar-refractivity contribution >= 4 is 17.7 Å². The van der Waals surface area contributed by atoms with E-state index in [9.17, 15) is 14.4 Å². The van der Waals surface area contributed by atoms with Gasteiger partial charge in [-0.25, -0.2) is 9.78 Å². The summed E-state index contributed by atoms with van der Waals surface area (Å²) in [5.74, 6) is -0.150. The fraction of sp³-hybridized carbons (Fsp3) is 0.333. The number of rotatable bonds is 9. The minimum absolute atomic E-state index is 0.0825. The number of nitrogens with zero attached hydrogens (tertiary/aromatic N) is 4. The van der Waals surface area contributed by atoms with Gasteiger partial charge >= 0.3 is 5.97 Å². The summed E-state index contributed by atoms with van der Waals surface area (Å²) < 4.78 is 0. The van der Waals surface area contributed by atoms with E-state index in [2.05, 4.69) is 21.8 Å². The summed E-state index contributed by atoms with van der Waals surface area (Å²) in [6, 6.07) is 7.69. The van der Waals surface area contributed by atoms with Crippen molar-refractivity contribution in [2.45, 2.75) is 44.9 Å². The predicted octanol–water partition coefficient (Wildman–Crippen LogP) is 2.80. The monoisotopic (exact) mass is 394 g/mol. The van der Waals surface area contributed by atoms with Crippen LogP contribution in [0.2, 0.25) is 0 Å². The normalized spacial score (nSPS) is 13.6. The molecule has 0 atom stereocenters. The van der Waals surface area contributed by atoms with Crippen LogP contribution in [0.15, 0.2) is 48.9 Å². The fourth-order valence-electron chi connectivity index (χ4n) is 2.93. The van der Waals surface area contributed by atoms with Crippen LogP contribution in [0.25, 0.3) is 11.4 Å². The van der Waals surface area contributed by atoms with Gasteiger partial charge in [0, 0.05) is 37.4 Å². The number of aromatic nitrogens is 3. The molecule has 3 rings (SSSR count). The Morgan fingerprint density at radius 1 is 1.07 bits per heavy atom. The number of carbonyl (C=O) groups excluding carboxylic acids is 3. The lowest BCUT2D eigenvalue weighted by Gasteiger charge is -2.15. The zero-order valence-electron chi connectivity index (χ0n) is 16.0. The lowest BCUT2D eigenvalue weighted by atomic mass is 10.0. The number of benzene rings is 1. The lowest BCUT2D eigenvalue weighted by molar-refractivity contribution is -0.186. The van der Waals surface area contributed by atoms with Crippen LogP contribution in [0.3, 0.4) is 0 Å². The average Bonchev–Trinajstić information content (AvgIpc) is 3.05. The SMILES string of the molecule is C=C1CCC(=O)N1OC(=O)CCCC(=O)CCc1ccc(-c2nccnn2)cc1. The minimum Gasteiger partial charge on any atom is -0.334 e. The highest BCUT2D eigenvalue weighted by atomic mass is 16.7. The maximum absolute atomic E-state index is 12.1. The summed E-state index contributed by atoms with van der Waals surface area (Å²) in [4.78, 5) is 44.6. The highest BCUT2D eigenvalue weighted by Crippen LogP contribution is 2.21. The predicted molar refractivity (Wildman–Crippen MR) is 104 cm³/mol. The number of amides is 1. The Balaban J connectivity index is 1.36. The summed E-state index contributed by atoms with van der Waals surface area (Å²) in [6.07, 6.45) is 5.72. The first-order valence-electron chi connectivity index (χ1n) is 9.49. The fourth-order valence-corrected chi connectivity index (χ4v) is 2.93. The summed E-state index contributed by atoms with van der Waals surface area (Å²) >= 11 is 0. The zero-order valence-corrected chi connectivity index (χ0v) is 16.0. The molecule has 0 aliphatic carbocycles. The van der Waals surface area contributed by atoms with Gasteiger partial charge in [0.25, 0.3) is 5.91 Å². The average molecular weight is 394 g/mol. The van der Waals surface area contributed by atoms with Crippen LogP contribution >= 0.6 is 0 Å². The van der Waals surface area contributed by atoms with E-state index >= 15 is 0 Å². The van der Waals surface area contributed by atoms with Crippen LogP contribution < -0.4 is 0 Å². The number of Topliss-reactive ketones (excluding diaryl/α,β-unsaturated/α-hetero) is 1. The summed E-state index contributed by atoms with van der Waals surface area (Å²) in [7, 11) is 0. The standard InChI is InChI=1S/C21H22N4O4/c1-15-5-12-19(27)25(15)29-20(28)4-2-3-18(26)11-8-16-6-9-17(10-7-16)21-22-13-14-23-24-21/h6-7,9-10,13-14H,1-5,8,11-12H2. The van der Waals surface area contributed by atoms with E-state index in [1.165, 1.54) is 6.20 Å². The lowest BCUT2D eigenvalue weighted by Crippen LogP contribution is -2.26. The number of allylic oxidation sites excluding steroid dienone is 1. The third kappa shape index (κ3) is 5.78. The van der Waals surface area contributed by atoms with Crippen molar-refractivity contribution in [1.82, 2.24) is 20.2 Å². The van der Waals surface area contributed by atoms with Gasteiger partial charge in [0.15, 0.2) is 5.82 Å². The van der Waals surface area contributed by atoms with Crippen LogP contribution in [-0.4, -0.2) is 37.9 Å². The van der Waals surface area contributed by atoms with Crippen molar-refractivity contribution in [1.29, 1.82) is 0 Å². The summed E-state index contributed by atoms with van der Waals surface area (Å²) in [6.45, 7) is 3.69. The first-order valence-corrected chi connectivity index (χ1v) is 9.49. The summed E-state index contributed by atoms with van der Waals surface area (Å²) in [5, 5.41) is 8.73. The number of ketones is 1. The van der Waals surface area contributed by atoms with Crippen LogP contribution in [0.5, 0.6) is 0 Å². The van der Waals surface area contributed by atoms with Crippen molar-refractivity contribution in [3.05, 3.63) is 54.5 Å². The largest absolute Gasteiger partial charge is 0.334 e. The molecule has 8 nitrogen and oxygen atoms in total. The van der Waals surface area contributed by atoms with Crippen LogP contribution in [-0.2, 0) is 25.6 Å². The highest BCUT2D eigenvalue weighted by Gasteiger charge is 2.27. The van der Waals surface area contributed by atoms with Gasteiger partial charge in [0.05, 0.1) is 11.9 Å². The minimum atomic E-state index is -0.526. The maximum atomic E-state index is 12.1. The Morgan fingerprint density at radius 3 is 2.52 bits per heavy atom. The molecule has 1 amide bonds. The molecule has 2 heterocycles. The van der Waals surface area contributed by atoms with E-state index in [-0.39, 0.29) is 18.1 Å². The molecule has 0 radical (unpaired) electrons. The van der Waals surface area contributed by atoms with Gasteiger partial charge in [0.2, 0.25) is 0 Å². The molecule has 1 fully saturated rings. The number of aryl methyl sites for hydroxylation is 1. The summed E-state index contributed by atoms with van der Waals surface area (Å²) in [5.41, 5.74) is 2.39. The zero-order chi connectivity index (χ0) is 20.6. The Hall–Kier alpha value is -3.42. The molecule has 0 saturated carbocycles. The third-order valence-electron chi connectivity index (χ3n) is 4.56. The number of carbonyl (C=O) groups is 3. The molecule has 150 valence electrons. The van der Waals surface area contributed by atoms with Gasteiger partial charge < -0.3 is 4.84 Å². The Labute approximate surface area is 168 Å². The van der Waals surface area contributed by atoms with Gasteiger partial charge in [-0.3, -0.25) is 9.59 Å². The van der Waals surface area contributed by atoms with E-state index in [1.807, 2.05) is 24.3 Å². The molecule has 2 aromatic rings.